The lowest BCUT2D eigenvalue weighted by Gasteiger charge is -2.17. The minimum Gasteiger partial charge on any atom is -0.481 e. The molecule has 4 rings (SSSR count). The van der Waals surface area contributed by atoms with Crippen molar-refractivity contribution in [1.29, 1.82) is 0 Å². The average molecular weight is 436 g/mol. The van der Waals surface area contributed by atoms with Gasteiger partial charge in [-0.1, -0.05) is 49.4 Å². The largest absolute Gasteiger partial charge is 0.481 e. The number of hydrogen-bond acceptors (Lipinski definition) is 5. The molecule has 1 aromatic heterocycles. The number of hydrogen-bond donors (Lipinski definition) is 1. The Morgan fingerprint density at radius 2 is 1.74 bits per heavy atom. The Labute approximate surface area is 186 Å². The zero-order valence-electron chi connectivity index (χ0n) is 17.6. The number of anilines is 1. The number of aryl methyl sites for hydroxylation is 1. The van der Waals surface area contributed by atoms with Crippen LogP contribution >= 0.6 is 11.3 Å². The summed E-state index contributed by atoms with van der Waals surface area (Å²) >= 11 is 1.47. The van der Waals surface area contributed by atoms with Gasteiger partial charge in [-0.2, -0.15) is 0 Å². The number of methoxy groups -OCH3 is 1. The van der Waals surface area contributed by atoms with Crippen molar-refractivity contribution in [3.05, 3.63) is 70.6 Å². The number of amides is 1. The summed E-state index contributed by atoms with van der Waals surface area (Å²) in [4.78, 5) is 26.4. The van der Waals surface area contributed by atoms with Crippen LogP contribution in [0.3, 0.4) is 0 Å². The lowest BCUT2D eigenvalue weighted by molar-refractivity contribution is -0.122. The summed E-state index contributed by atoms with van der Waals surface area (Å²) in [5.41, 5.74) is 3.72. The molecule has 0 saturated carbocycles. The lowest BCUT2D eigenvalue weighted by Crippen LogP contribution is -2.32. The number of thiophene rings is 1. The molecule has 6 heteroatoms. The van der Waals surface area contributed by atoms with Gasteiger partial charge in [0, 0.05) is 4.88 Å². The molecule has 3 aromatic rings. The van der Waals surface area contributed by atoms with Gasteiger partial charge in [-0.3, -0.25) is 4.79 Å². The van der Waals surface area contributed by atoms with E-state index in [-0.39, 0.29) is 5.91 Å². The molecule has 0 bridgehead atoms. The van der Waals surface area contributed by atoms with Crippen LogP contribution in [0.5, 0.6) is 5.75 Å². The molecule has 1 aliphatic carbocycles. The second kappa shape index (κ2) is 9.35. The van der Waals surface area contributed by atoms with E-state index in [4.69, 9.17) is 9.47 Å². The fourth-order valence-electron chi connectivity index (χ4n) is 3.85. The van der Waals surface area contributed by atoms with E-state index in [1.807, 2.05) is 49.4 Å². The SMILES string of the molecule is CCC(Oc1ccc(-c2ccccc2)cc1)C(=O)Nc1sc2c(c1C(=O)OC)CCC2. The molecule has 2 aromatic carbocycles. The normalized spacial score (nSPS) is 13.4. The van der Waals surface area contributed by atoms with Crippen LogP contribution in [0.2, 0.25) is 0 Å². The summed E-state index contributed by atoms with van der Waals surface area (Å²) in [5, 5.41) is 3.48. The Hall–Kier alpha value is -3.12. The number of carbonyl (C=O) groups excluding carboxylic acids is 2. The summed E-state index contributed by atoms with van der Waals surface area (Å²) in [6.45, 7) is 1.90. The minimum atomic E-state index is -0.662. The third-order valence-corrected chi connectivity index (χ3v) is 6.66. The number of fused-ring (bicyclic) bond motifs is 1. The van der Waals surface area contributed by atoms with E-state index in [9.17, 15) is 9.59 Å². The van der Waals surface area contributed by atoms with Crippen molar-refractivity contribution in [1.82, 2.24) is 0 Å². The van der Waals surface area contributed by atoms with Gasteiger partial charge in [-0.05, 0) is 54.5 Å². The predicted molar refractivity (Wildman–Crippen MR) is 123 cm³/mol. The van der Waals surface area contributed by atoms with Gasteiger partial charge in [0.15, 0.2) is 6.10 Å². The third-order valence-electron chi connectivity index (χ3n) is 5.45. The first-order valence-electron chi connectivity index (χ1n) is 10.5. The van der Waals surface area contributed by atoms with E-state index >= 15 is 0 Å². The second-order valence-corrected chi connectivity index (χ2v) is 8.55. The van der Waals surface area contributed by atoms with Crippen LogP contribution in [-0.2, 0) is 22.4 Å². The molecule has 0 spiro atoms. The predicted octanol–water partition coefficient (Wildman–Crippen LogP) is 5.49. The number of ether oxygens (including phenoxy) is 2. The molecule has 1 aliphatic rings. The minimum absolute atomic E-state index is 0.264. The maximum atomic E-state index is 12.9. The molecule has 1 amide bonds. The zero-order chi connectivity index (χ0) is 21.8. The van der Waals surface area contributed by atoms with Crippen LogP contribution in [0, 0.1) is 0 Å². The van der Waals surface area contributed by atoms with Crippen molar-refractivity contribution in [2.24, 2.45) is 0 Å². The Morgan fingerprint density at radius 1 is 1.03 bits per heavy atom. The summed E-state index contributed by atoms with van der Waals surface area (Å²) in [7, 11) is 1.37. The van der Waals surface area contributed by atoms with Gasteiger partial charge in [0.05, 0.1) is 12.7 Å². The molecular weight excluding hydrogens is 410 g/mol. The number of benzene rings is 2. The number of esters is 1. The highest BCUT2D eigenvalue weighted by Crippen LogP contribution is 2.39. The molecule has 1 N–H and O–H groups in total. The van der Waals surface area contributed by atoms with E-state index < -0.39 is 12.1 Å². The van der Waals surface area contributed by atoms with Crippen LogP contribution < -0.4 is 10.1 Å². The first-order chi connectivity index (χ1) is 15.1. The van der Waals surface area contributed by atoms with Gasteiger partial charge in [-0.25, -0.2) is 4.79 Å². The van der Waals surface area contributed by atoms with Gasteiger partial charge in [0.25, 0.3) is 5.91 Å². The molecule has 0 aliphatic heterocycles. The Morgan fingerprint density at radius 3 is 2.42 bits per heavy atom. The first kappa shape index (κ1) is 21.1. The molecule has 5 nitrogen and oxygen atoms in total. The maximum Gasteiger partial charge on any atom is 0.341 e. The van der Waals surface area contributed by atoms with Gasteiger partial charge in [0.2, 0.25) is 0 Å². The number of rotatable bonds is 7. The maximum absolute atomic E-state index is 12.9. The Balaban J connectivity index is 1.48. The van der Waals surface area contributed by atoms with Crippen LogP contribution in [0.1, 0.15) is 40.6 Å². The highest BCUT2D eigenvalue weighted by molar-refractivity contribution is 7.17. The standard InChI is InChI=1S/C25H25NO4S/c1-3-20(30-18-14-12-17(13-15-18)16-8-5-4-6-9-16)23(27)26-24-22(25(28)29-2)19-10-7-11-21(19)31-24/h4-6,8-9,12-15,20H,3,7,10-11H2,1-2H3,(H,26,27). The summed E-state index contributed by atoms with van der Waals surface area (Å²) in [6, 6.07) is 17.8. The first-order valence-corrected chi connectivity index (χ1v) is 11.3. The second-order valence-electron chi connectivity index (χ2n) is 7.45. The van der Waals surface area contributed by atoms with Crippen LogP contribution in [-0.4, -0.2) is 25.1 Å². The zero-order valence-corrected chi connectivity index (χ0v) is 18.5. The molecule has 0 radical (unpaired) electrons. The van der Waals surface area contributed by atoms with Gasteiger partial charge >= 0.3 is 5.97 Å². The molecule has 0 saturated heterocycles. The lowest BCUT2D eigenvalue weighted by atomic mass is 10.1. The molecular formula is C25H25NO4S. The van der Waals surface area contributed by atoms with Gasteiger partial charge in [0.1, 0.15) is 10.8 Å². The highest BCUT2D eigenvalue weighted by Gasteiger charge is 2.29. The number of carbonyl (C=O) groups is 2. The van der Waals surface area contributed by atoms with Gasteiger partial charge < -0.3 is 14.8 Å². The Kier molecular flexibility index (Phi) is 6.37. The van der Waals surface area contributed by atoms with Crippen molar-refractivity contribution in [2.45, 2.75) is 38.7 Å². The third kappa shape index (κ3) is 4.49. The van der Waals surface area contributed by atoms with Crippen molar-refractivity contribution in [3.63, 3.8) is 0 Å². The topological polar surface area (TPSA) is 64.6 Å². The highest BCUT2D eigenvalue weighted by atomic mass is 32.1. The van der Waals surface area contributed by atoms with E-state index in [2.05, 4.69) is 17.4 Å². The molecule has 0 fully saturated rings. The molecule has 31 heavy (non-hydrogen) atoms. The van der Waals surface area contributed by atoms with Crippen LogP contribution in [0.15, 0.2) is 54.6 Å². The molecule has 1 heterocycles. The van der Waals surface area contributed by atoms with E-state index in [1.165, 1.54) is 18.4 Å². The monoisotopic (exact) mass is 435 g/mol. The molecule has 1 unspecified atom stereocenters. The Bertz CT molecular complexity index is 1070. The van der Waals surface area contributed by atoms with Gasteiger partial charge in [-0.15, -0.1) is 11.3 Å². The van der Waals surface area contributed by atoms with E-state index in [1.54, 1.807) is 0 Å². The quantitative estimate of drug-likeness (QED) is 0.499. The fourth-order valence-corrected chi connectivity index (χ4v) is 5.13. The van der Waals surface area contributed by atoms with Crippen LogP contribution in [0.4, 0.5) is 5.00 Å². The smallest absolute Gasteiger partial charge is 0.341 e. The van der Waals surface area contributed by atoms with Crippen molar-refractivity contribution in [2.75, 3.05) is 12.4 Å². The summed E-state index contributed by atoms with van der Waals surface area (Å²) < 4.78 is 10.9. The van der Waals surface area contributed by atoms with Crippen molar-refractivity contribution < 1.29 is 19.1 Å². The molecule has 1 atom stereocenters. The number of nitrogens with one attached hydrogen (secondary N) is 1. The van der Waals surface area contributed by atoms with E-state index in [0.717, 1.165) is 40.8 Å². The summed E-state index contributed by atoms with van der Waals surface area (Å²) in [5.74, 6) is -0.0385. The van der Waals surface area contributed by atoms with Crippen molar-refractivity contribution in [3.8, 4) is 16.9 Å². The molecule has 160 valence electrons. The van der Waals surface area contributed by atoms with E-state index in [0.29, 0.717) is 22.7 Å². The van der Waals surface area contributed by atoms with Crippen molar-refractivity contribution >= 4 is 28.2 Å². The average Bonchev–Trinajstić information content (AvgIpc) is 3.38. The van der Waals surface area contributed by atoms with Crippen LogP contribution in [0.25, 0.3) is 11.1 Å². The fraction of sp³-hybridized carbons (Fsp3) is 0.280. The summed E-state index contributed by atoms with van der Waals surface area (Å²) in [6.07, 6.45) is 2.64.